The molecule has 0 saturated carbocycles. The molecule has 0 spiro atoms. The second-order valence-electron chi connectivity index (χ2n) is 6.89. The topological polar surface area (TPSA) is 115 Å². The molecule has 0 fully saturated rings. The van der Waals surface area contributed by atoms with Gasteiger partial charge in [0.2, 0.25) is 0 Å². The van der Waals surface area contributed by atoms with Crippen LogP contribution in [0, 0.1) is 0 Å². The second-order valence-corrected chi connectivity index (χ2v) is 9.48. The van der Waals surface area contributed by atoms with Crippen molar-refractivity contribution in [3.05, 3.63) is 93.3 Å². The lowest BCUT2D eigenvalue weighted by molar-refractivity contribution is 0.102. The molecule has 1 aromatic heterocycles. The molecular formula is C23H17BrN2O6S. The number of anilines is 2. The van der Waals surface area contributed by atoms with Crippen molar-refractivity contribution >= 4 is 54.2 Å². The zero-order chi connectivity index (χ0) is 23.6. The summed E-state index contributed by atoms with van der Waals surface area (Å²) in [5.41, 5.74) is -0.545. The summed E-state index contributed by atoms with van der Waals surface area (Å²) in [6, 6.07) is 18.8. The lowest BCUT2D eigenvalue weighted by Crippen LogP contribution is -2.22. The number of methoxy groups -OCH3 is 1. The number of rotatable bonds is 6. The van der Waals surface area contributed by atoms with E-state index in [1.165, 1.54) is 37.4 Å². The Bertz CT molecular complexity index is 1510. The van der Waals surface area contributed by atoms with E-state index in [4.69, 9.17) is 9.15 Å². The van der Waals surface area contributed by atoms with Gasteiger partial charge in [-0.1, -0.05) is 40.2 Å². The average Bonchev–Trinajstić information content (AvgIpc) is 2.79. The van der Waals surface area contributed by atoms with Crippen LogP contribution in [0.2, 0.25) is 0 Å². The molecule has 4 aromatic rings. The molecule has 4 rings (SSSR count). The molecule has 2 N–H and O–H groups in total. The van der Waals surface area contributed by atoms with Gasteiger partial charge in [-0.2, -0.15) is 0 Å². The summed E-state index contributed by atoms with van der Waals surface area (Å²) < 4.78 is 39.2. The van der Waals surface area contributed by atoms with Gasteiger partial charge in [-0.15, -0.1) is 0 Å². The van der Waals surface area contributed by atoms with E-state index in [9.17, 15) is 18.0 Å². The number of para-hydroxylation sites is 3. The number of fused-ring (bicyclic) bond motifs is 1. The number of carbonyl (C=O) groups excluding carboxylic acids is 1. The fraction of sp³-hybridized carbons (Fsp3) is 0.0435. The van der Waals surface area contributed by atoms with Crippen molar-refractivity contribution in [3.63, 3.8) is 0 Å². The zero-order valence-corrected chi connectivity index (χ0v) is 19.6. The molecule has 33 heavy (non-hydrogen) atoms. The number of nitrogens with one attached hydrogen (secondary N) is 2. The van der Waals surface area contributed by atoms with Gasteiger partial charge < -0.3 is 14.5 Å². The second kappa shape index (κ2) is 9.08. The molecule has 1 amide bonds. The van der Waals surface area contributed by atoms with E-state index >= 15 is 0 Å². The minimum Gasteiger partial charge on any atom is -0.493 e. The molecule has 0 aliphatic carbocycles. The first kappa shape index (κ1) is 22.6. The normalized spacial score (nSPS) is 11.2. The third-order valence-corrected chi connectivity index (χ3v) is 6.64. The summed E-state index contributed by atoms with van der Waals surface area (Å²) in [6.45, 7) is 0. The Morgan fingerprint density at radius 1 is 0.970 bits per heavy atom. The van der Waals surface area contributed by atoms with Crippen LogP contribution in [0.25, 0.3) is 11.0 Å². The SMILES string of the molecule is COc1cccc2cc(C(=O)Nc3ccccc3NS(=O)(=O)c3ccc(Br)cc3)c(=O)oc12. The minimum absolute atomic E-state index is 0.0518. The average molecular weight is 529 g/mol. The summed E-state index contributed by atoms with van der Waals surface area (Å²) in [6.07, 6.45) is 0. The fourth-order valence-corrected chi connectivity index (χ4v) is 4.47. The van der Waals surface area contributed by atoms with Gasteiger partial charge in [0.1, 0.15) is 5.56 Å². The Morgan fingerprint density at radius 3 is 2.36 bits per heavy atom. The Balaban J connectivity index is 1.64. The van der Waals surface area contributed by atoms with Crippen molar-refractivity contribution in [2.45, 2.75) is 4.90 Å². The standard InChI is InChI=1S/C23H17BrN2O6S/c1-31-20-8-4-5-14-13-17(23(28)32-21(14)20)22(27)25-18-6-2-3-7-19(18)26-33(29,30)16-11-9-15(24)10-12-16/h2-13,26H,1H3,(H,25,27). The number of carbonyl (C=O) groups is 1. The van der Waals surface area contributed by atoms with Gasteiger partial charge in [-0.3, -0.25) is 9.52 Å². The van der Waals surface area contributed by atoms with Gasteiger partial charge >= 0.3 is 5.63 Å². The molecule has 3 aromatic carbocycles. The first-order chi connectivity index (χ1) is 15.8. The van der Waals surface area contributed by atoms with Gasteiger partial charge in [-0.05, 0) is 48.5 Å². The number of hydrogen-bond acceptors (Lipinski definition) is 6. The van der Waals surface area contributed by atoms with E-state index in [0.717, 1.165) is 4.47 Å². The quantitative estimate of drug-likeness (QED) is 0.353. The molecule has 0 bridgehead atoms. The highest BCUT2D eigenvalue weighted by molar-refractivity contribution is 9.10. The van der Waals surface area contributed by atoms with Crippen LogP contribution in [-0.4, -0.2) is 21.4 Å². The van der Waals surface area contributed by atoms with Crippen LogP contribution in [-0.2, 0) is 10.0 Å². The zero-order valence-electron chi connectivity index (χ0n) is 17.2. The van der Waals surface area contributed by atoms with Gasteiger partial charge in [0.15, 0.2) is 11.3 Å². The molecule has 0 atom stereocenters. The molecule has 8 nitrogen and oxygen atoms in total. The maximum absolute atomic E-state index is 12.9. The van der Waals surface area contributed by atoms with Gasteiger partial charge in [0.25, 0.3) is 15.9 Å². The number of amides is 1. The van der Waals surface area contributed by atoms with Gasteiger partial charge in [0.05, 0.1) is 23.4 Å². The third-order valence-electron chi connectivity index (χ3n) is 4.73. The van der Waals surface area contributed by atoms with Crippen LogP contribution in [0.4, 0.5) is 11.4 Å². The smallest absolute Gasteiger partial charge is 0.349 e. The lowest BCUT2D eigenvalue weighted by Gasteiger charge is -2.13. The monoisotopic (exact) mass is 528 g/mol. The maximum atomic E-state index is 12.9. The van der Waals surface area contributed by atoms with Crippen LogP contribution in [0.15, 0.2) is 91.4 Å². The summed E-state index contributed by atoms with van der Waals surface area (Å²) in [5.74, 6) is -0.381. The summed E-state index contributed by atoms with van der Waals surface area (Å²) in [7, 11) is -2.47. The first-order valence-electron chi connectivity index (χ1n) is 9.58. The molecule has 0 unspecified atom stereocenters. The fourth-order valence-electron chi connectivity index (χ4n) is 3.12. The van der Waals surface area contributed by atoms with Gasteiger partial charge in [0, 0.05) is 9.86 Å². The van der Waals surface area contributed by atoms with Crippen molar-refractivity contribution in [1.82, 2.24) is 0 Å². The molecule has 0 radical (unpaired) electrons. The van der Waals surface area contributed by atoms with Crippen molar-refractivity contribution < 1.29 is 22.4 Å². The van der Waals surface area contributed by atoms with E-state index in [0.29, 0.717) is 11.1 Å². The lowest BCUT2D eigenvalue weighted by atomic mass is 10.1. The summed E-state index contributed by atoms with van der Waals surface area (Å²) >= 11 is 3.27. The largest absolute Gasteiger partial charge is 0.493 e. The first-order valence-corrected chi connectivity index (χ1v) is 11.9. The van der Waals surface area contributed by atoms with E-state index < -0.39 is 21.6 Å². The van der Waals surface area contributed by atoms with Crippen molar-refractivity contribution in [1.29, 1.82) is 0 Å². The highest BCUT2D eigenvalue weighted by Gasteiger charge is 2.19. The summed E-state index contributed by atoms with van der Waals surface area (Å²) in [5, 5.41) is 3.08. The van der Waals surface area contributed by atoms with E-state index in [-0.39, 0.29) is 27.4 Å². The van der Waals surface area contributed by atoms with E-state index in [1.807, 2.05) is 0 Å². The number of sulfonamides is 1. The Labute approximate surface area is 197 Å². The highest BCUT2D eigenvalue weighted by Crippen LogP contribution is 2.27. The third kappa shape index (κ3) is 4.76. The maximum Gasteiger partial charge on any atom is 0.349 e. The van der Waals surface area contributed by atoms with Crippen LogP contribution in [0.3, 0.4) is 0 Å². The molecule has 0 saturated heterocycles. The number of hydrogen-bond donors (Lipinski definition) is 2. The molecular weight excluding hydrogens is 512 g/mol. The van der Waals surface area contributed by atoms with E-state index in [2.05, 4.69) is 26.0 Å². The van der Waals surface area contributed by atoms with Crippen molar-refractivity contribution in [2.75, 3.05) is 17.1 Å². The minimum atomic E-state index is -3.91. The number of halogens is 1. The molecule has 10 heteroatoms. The number of benzene rings is 3. The Morgan fingerprint density at radius 2 is 1.67 bits per heavy atom. The molecule has 1 heterocycles. The molecule has 0 aliphatic heterocycles. The van der Waals surface area contributed by atoms with E-state index in [1.54, 1.807) is 42.5 Å². The Hall–Kier alpha value is -3.63. The van der Waals surface area contributed by atoms with Crippen LogP contribution in [0.5, 0.6) is 5.75 Å². The summed E-state index contributed by atoms with van der Waals surface area (Å²) in [4.78, 5) is 25.4. The predicted octanol–water partition coefficient (Wildman–Crippen LogP) is 4.62. The molecule has 168 valence electrons. The Kier molecular flexibility index (Phi) is 6.21. The van der Waals surface area contributed by atoms with Crippen molar-refractivity contribution in [2.24, 2.45) is 0 Å². The predicted molar refractivity (Wildman–Crippen MR) is 128 cm³/mol. The van der Waals surface area contributed by atoms with Gasteiger partial charge in [-0.25, -0.2) is 13.2 Å². The molecule has 0 aliphatic rings. The van der Waals surface area contributed by atoms with Crippen molar-refractivity contribution in [3.8, 4) is 5.75 Å². The van der Waals surface area contributed by atoms with Crippen LogP contribution >= 0.6 is 15.9 Å². The van der Waals surface area contributed by atoms with Crippen LogP contribution in [0.1, 0.15) is 10.4 Å². The highest BCUT2D eigenvalue weighted by atomic mass is 79.9. The van der Waals surface area contributed by atoms with Crippen LogP contribution < -0.4 is 20.4 Å². The number of ether oxygens (including phenoxy) is 1.